The Morgan fingerprint density at radius 3 is 2.62 bits per heavy atom. The van der Waals surface area contributed by atoms with Gasteiger partial charge in [0.15, 0.2) is 0 Å². The van der Waals surface area contributed by atoms with Crippen molar-refractivity contribution in [2.45, 2.75) is 58.5 Å². The van der Waals surface area contributed by atoms with Gasteiger partial charge in [0, 0.05) is 39.5 Å². The first-order chi connectivity index (χ1) is 17.8. The van der Waals surface area contributed by atoms with E-state index in [2.05, 4.69) is 28.9 Å². The molecule has 6 heteroatoms. The number of aromatic nitrogens is 3. The molecule has 4 nitrogen and oxygen atoms in total. The van der Waals surface area contributed by atoms with Crippen molar-refractivity contribution in [2.24, 2.45) is 11.3 Å². The molecular weight excluding hydrogens is 483 g/mol. The van der Waals surface area contributed by atoms with Gasteiger partial charge in [0.25, 0.3) is 0 Å². The molecule has 1 N–H and O–H groups in total. The number of rotatable bonds is 7. The van der Waals surface area contributed by atoms with Gasteiger partial charge < -0.3 is 5.32 Å². The van der Waals surface area contributed by atoms with Crippen molar-refractivity contribution < 1.29 is 4.39 Å². The summed E-state index contributed by atoms with van der Waals surface area (Å²) in [6.07, 6.45) is 10.2. The number of hydrogen-bond donors (Lipinski definition) is 1. The summed E-state index contributed by atoms with van der Waals surface area (Å²) in [5.41, 5.74) is 6.92. The van der Waals surface area contributed by atoms with Crippen LogP contribution >= 0.6 is 11.6 Å². The quantitative estimate of drug-likeness (QED) is 0.274. The SMILES string of the molecule is C=C(NC1CC2(CC(CC)C2)C1)c1cc(Cl)cc2cnn(Cc3ccc(-c4cc(C)cc(F)c4)cn3)c12. The van der Waals surface area contributed by atoms with Crippen LogP contribution in [0.2, 0.25) is 5.02 Å². The molecule has 2 aliphatic carbocycles. The van der Waals surface area contributed by atoms with Crippen LogP contribution in [0.1, 0.15) is 55.8 Å². The van der Waals surface area contributed by atoms with Gasteiger partial charge in [-0.25, -0.2) is 4.39 Å². The summed E-state index contributed by atoms with van der Waals surface area (Å²) in [6.45, 7) is 9.10. The zero-order valence-corrected chi connectivity index (χ0v) is 22.2. The summed E-state index contributed by atoms with van der Waals surface area (Å²) in [4.78, 5) is 4.66. The van der Waals surface area contributed by atoms with Crippen LogP contribution in [0.3, 0.4) is 0 Å². The van der Waals surface area contributed by atoms with E-state index >= 15 is 0 Å². The topological polar surface area (TPSA) is 42.7 Å². The van der Waals surface area contributed by atoms with Crippen molar-refractivity contribution in [1.82, 2.24) is 20.1 Å². The highest BCUT2D eigenvalue weighted by Gasteiger charge is 2.52. The summed E-state index contributed by atoms with van der Waals surface area (Å²) < 4.78 is 15.8. The number of aryl methyl sites for hydroxylation is 1. The summed E-state index contributed by atoms with van der Waals surface area (Å²) in [5.74, 6) is 0.684. The standard InChI is InChI=1S/C31H32ClFN4/c1-4-21-12-31(13-21)14-28(15-31)36-20(3)29-11-25(32)9-24-17-35-37(30(24)29)18-27-6-5-22(16-34-27)23-7-19(2)8-26(33)10-23/h5-11,16-17,21,28,36H,3-4,12-15,18H2,1-2H3. The summed E-state index contributed by atoms with van der Waals surface area (Å²) in [7, 11) is 0. The summed E-state index contributed by atoms with van der Waals surface area (Å²) in [5, 5.41) is 9.99. The molecule has 2 aromatic heterocycles. The van der Waals surface area contributed by atoms with Crippen molar-refractivity contribution in [1.29, 1.82) is 0 Å². The molecule has 0 saturated heterocycles. The highest BCUT2D eigenvalue weighted by molar-refractivity contribution is 6.31. The van der Waals surface area contributed by atoms with Crippen LogP contribution in [0.5, 0.6) is 0 Å². The lowest BCUT2D eigenvalue weighted by Gasteiger charge is -2.58. The maximum atomic E-state index is 13.9. The van der Waals surface area contributed by atoms with Crippen LogP contribution in [-0.4, -0.2) is 20.8 Å². The maximum absolute atomic E-state index is 13.9. The van der Waals surface area contributed by atoms with E-state index in [1.807, 2.05) is 48.1 Å². The van der Waals surface area contributed by atoms with Crippen molar-refractivity contribution in [3.8, 4) is 11.1 Å². The zero-order chi connectivity index (χ0) is 25.7. The number of nitrogens with one attached hydrogen (secondary N) is 1. The highest BCUT2D eigenvalue weighted by Crippen LogP contribution is 2.59. The van der Waals surface area contributed by atoms with E-state index in [9.17, 15) is 4.39 Å². The Bertz CT molecular complexity index is 1460. The molecule has 2 saturated carbocycles. The third-order valence-electron chi connectivity index (χ3n) is 8.29. The lowest BCUT2D eigenvalue weighted by atomic mass is 9.49. The minimum absolute atomic E-state index is 0.239. The lowest BCUT2D eigenvalue weighted by Crippen LogP contribution is -2.54. The minimum atomic E-state index is -0.239. The number of hydrogen-bond acceptors (Lipinski definition) is 3. The molecule has 0 radical (unpaired) electrons. The van der Waals surface area contributed by atoms with Gasteiger partial charge in [0.1, 0.15) is 5.82 Å². The van der Waals surface area contributed by atoms with E-state index < -0.39 is 0 Å². The van der Waals surface area contributed by atoms with Crippen LogP contribution in [0, 0.1) is 24.1 Å². The molecule has 2 heterocycles. The van der Waals surface area contributed by atoms with E-state index in [0.717, 1.165) is 50.5 Å². The first kappa shape index (κ1) is 24.2. The second-order valence-corrected chi connectivity index (χ2v) is 11.6. The smallest absolute Gasteiger partial charge is 0.124 e. The molecule has 4 aromatic rings. The van der Waals surface area contributed by atoms with Gasteiger partial charge >= 0.3 is 0 Å². The van der Waals surface area contributed by atoms with E-state index in [1.54, 1.807) is 6.20 Å². The molecule has 2 aliphatic rings. The zero-order valence-electron chi connectivity index (χ0n) is 21.4. The molecule has 2 aromatic carbocycles. The second-order valence-electron chi connectivity index (χ2n) is 11.2. The van der Waals surface area contributed by atoms with Crippen LogP contribution in [0.25, 0.3) is 27.7 Å². The molecular formula is C31H32ClFN4. The highest BCUT2D eigenvalue weighted by atomic mass is 35.5. The average Bonchev–Trinajstić information content (AvgIpc) is 3.21. The fraction of sp³-hybridized carbons (Fsp3) is 0.355. The van der Waals surface area contributed by atoms with Crippen molar-refractivity contribution in [3.63, 3.8) is 0 Å². The summed E-state index contributed by atoms with van der Waals surface area (Å²) >= 11 is 6.48. The second kappa shape index (κ2) is 9.29. The molecule has 37 heavy (non-hydrogen) atoms. The van der Waals surface area contributed by atoms with Gasteiger partial charge in [-0.15, -0.1) is 0 Å². The van der Waals surface area contributed by atoms with E-state index in [4.69, 9.17) is 11.6 Å². The average molecular weight is 515 g/mol. The Labute approximate surface area is 222 Å². The fourth-order valence-corrected chi connectivity index (χ4v) is 6.72. The van der Waals surface area contributed by atoms with Crippen molar-refractivity contribution >= 4 is 28.2 Å². The first-order valence-corrected chi connectivity index (χ1v) is 13.5. The van der Waals surface area contributed by atoms with Crippen LogP contribution in [0.4, 0.5) is 4.39 Å². The number of nitrogens with zero attached hydrogens (tertiary/aromatic N) is 3. The van der Waals surface area contributed by atoms with Gasteiger partial charge in [-0.2, -0.15) is 5.10 Å². The van der Waals surface area contributed by atoms with Gasteiger partial charge in [-0.1, -0.05) is 43.7 Å². The van der Waals surface area contributed by atoms with Crippen molar-refractivity contribution in [3.05, 3.63) is 89.1 Å². The van der Waals surface area contributed by atoms with Crippen LogP contribution in [0.15, 0.2) is 61.4 Å². The molecule has 190 valence electrons. The predicted octanol–water partition coefficient (Wildman–Crippen LogP) is 7.78. The Morgan fingerprint density at radius 1 is 1.11 bits per heavy atom. The van der Waals surface area contributed by atoms with Gasteiger partial charge in [-0.05, 0) is 85.4 Å². The maximum Gasteiger partial charge on any atom is 0.124 e. The van der Waals surface area contributed by atoms with Gasteiger partial charge in [0.05, 0.1) is 24.0 Å². The molecule has 0 bridgehead atoms. The normalized spacial score (nSPS) is 22.6. The minimum Gasteiger partial charge on any atom is -0.382 e. The monoisotopic (exact) mass is 514 g/mol. The van der Waals surface area contributed by atoms with Crippen molar-refractivity contribution in [2.75, 3.05) is 0 Å². The molecule has 6 rings (SSSR count). The third kappa shape index (κ3) is 4.66. The Hall–Kier alpha value is -3.18. The molecule has 1 spiro atoms. The first-order valence-electron chi connectivity index (χ1n) is 13.1. The molecule has 0 aliphatic heterocycles. The number of fused-ring (bicyclic) bond motifs is 1. The molecule has 2 fully saturated rings. The number of benzene rings is 2. The number of pyridine rings is 1. The fourth-order valence-electron chi connectivity index (χ4n) is 6.49. The third-order valence-corrected chi connectivity index (χ3v) is 8.51. The predicted molar refractivity (Wildman–Crippen MR) is 149 cm³/mol. The van der Waals surface area contributed by atoms with E-state index in [-0.39, 0.29) is 5.82 Å². The molecule has 0 unspecified atom stereocenters. The van der Waals surface area contributed by atoms with Crippen LogP contribution in [-0.2, 0) is 6.54 Å². The Balaban J connectivity index is 1.21. The number of halogens is 2. The van der Waals surface area contributed by atoms with Gasteiger partial charge in [-0.3, -0.25) is 9.67 Å². The Kier molecular flexibility index (Phi) is 6.07. The van der Waals surface area contributed by atoms with E-state index in [0.29, 0.717) is 23.0 Å². The molecule has 0 atom stereocenters. The van der Waals surface area contributed by atoms with Gasteiger partial charge in [0.2, 0.25) is 0 Å². The largest absolute Gasteiger partial charge is 0.382 e. The summed E-state index contributed by atoms with van der Waals surface area (Å²) in [6, 6.07) is 13.4. The Morgan fingerprint density at radius 2 is 1.92 bits per heavy atom. The van der Waals surface area contributed by atoms with E-state index in [1.165, 1.54) is 44.2 Å². The molecule has 0 amide bonds. The van der Waals surface area contributed by atoms with Crippen LogP contribution < -0.4 is 5.32 Å². The lowest BCUT2D eigenvalue weighted by molar-refractivity contribution is -0.0460.